The van der Waals surface area contributed by atoms with E-state index in [1.807, 2.05) is 4.90 Å². The molecule has 4 nitrogen and oxygen atoms in total. The number of anilines is 1. The Morgan fingerprint density at radius 3 is 2.42 bits per heavy atom. The molecule has 1 heterocycles. The summed E-state index contributed by atoms with van der Waals surface area (Å²) in [5.74, 6) is -2.70. The largest absolute Gasteiger partial charge is 0.507 e. The summed E-state index contributed by atoms with van der Waals surface area (Å²) in [6, 6.07) is 3.56. The molecule has 7 heteroatoms. The molecule has 104 valence electrons. The predicted molar refractivity (Wildman–Crippen MR) is 61.5 cm³/mol. The minimum atomic E-state index is -4.99. The summed E-state index contributed by atoms with van der Waals surface area (Å²) in [4.78, 5) is 12.9. The number of hydrogen-bond acceptors (Lipinski definition) is 4. The SMILES string of the molecule is O=C(c1ccc(N2CCOCC2)cc1O)C(F)(F)F. The van der Waals surface area contributed by atoms with Crippen molar-refractivity contribution in [2.75, 3.05) is 31.2 Å². The molecule has 0 bridgehead atoms. The van der Waals surface area contributed by atoms with Gasteiger partial charge in [0.2, 0.25) is 0 Å². The van der Waals surface area contributed by atoms with Gasteiger partial charge in [0.15, 0.2) is 0 Å². The number of carbonyl (C=O) groups is 1. The quantitative estimate of drug-likeness (QED) is 0.838. The predicted octanol–water partition coefficient (Wildman–Crippen LogP) is 1.97. The first-order valence-corrected chi connectivity index (χ1v) is 5.67. The summed E-state index contributed by atoms with van der Waals surface area (Å²) in [5, 5.41) is 9.58. The number of morpholine rings is 1. The summed E-state index contributed by atoms with van der Waals surface area (Å²) in [6.07, 6.45) is -4.99. The number of rotatable bonds is 2. The Kier molecular flexibility index (Phi) is 3.66. The summed E-state index contributed by atoms with van der Waals surface area (Å²) >= 11 is 0. The van der Waals surface area contributed by atoms with Crippen LogP contribution in [-0.2, 0) is 4.74 Å². The number of hydrogen-bond donors (Lipinski definition) is 1. The van der Waals surface area contributed by atoms with E-state index in [1.165, 1.54) is 12.1 Å². The number of alkyl halides is 3. The second kappa shape index (κ2) is 5.08. The first-order chi connectivity index (χ1) is 8.89. The molecule has 0 spiro atoms. The maximum atomic E-state index is 12.3. The number of phenols is 1. The van der Waals surface area contributed by atoms with E-state index >= 15 is 0 Å². The van der Waals surface area contributed by atoms with E-state index in [0.29, 0.717) is 32.0 Å². The van der Waals surface area contributed by atoms with Gasteiger partial charge in [-0.15, -0.1) is 0 Å². The number of ketones is 1. The summed E-state index contributed by atoms with van der Waals surface area (Å²) < 4.78 is 42.0. The van der Waals surface area contributed by atoms with Gasteiger partial charge >= 0.3 is 6.18 Å². The van der Waals surface area contributed by atoms with Crippen LogP contribution in [0.25, 0.3) is 0 Å². The van der Waals surface area contributed by atoms with Crippen LogP contribution in [0, 0.1) is 0 Å². The fourth-order valence-corrected chi connectivity index (χ4v) is 1.88. The zero-order chi connectivity index (χ0) is 14.0. The molecule has 0 aliphatic carbocycles. The molecule has 0 amide bonds. The molecule has 1 fully saturated rings. The maximum absolute atomic E-state index is 12.3. The van der Waals surface area contributed by atoms with E-state index in [1.54, 1.807) is 0 Å². The molecule has 19 heavy (non-hydrogen) atoms. The van der Waals surface area contributed by atoms with Crippen LogP contribution in [0.15, 0.2) is 18.2 Å². The van der Waals surface area contributed by atoms with Crippen LogP contribution in [0.1, 0.15) is 10.4 Å². The van der Waals surface area contributed by atoms with E-state index in [0.717, 1.165) is 6.07 Å². The highest BCUT2D eigenvalue weighted by Crippen LogP contribution is 2.30. The third kappa shape index (κ3) is 2.98. The Bertz CT molecular complexity index is 482. The first kappa shape index (κ1) is 13.7. The topological polar surface area (TPSA) is 49.8 Å². The van der Waals surface area contributed by atoms with Gasteiger partial charge in [0, 0.05) is 24.8 Å². The van der Waals surface area contributed by atoms with Gasteiger partial charge in [-0.05, 0) is 12.1 Å². The lowest BCUT2D eigenvalue weighted by atomic mass is 10.1. The first-order valence-electron chi connectivity index (χ1n) is 5.67. The highest BCUT2D eigenvalue weighted by molar-refractivity contribution is 6.02. The smallest absolute Gasteiger partial charge is 0.455 e. The summed E-state index contributed by atoms with van der Waals surface area (Å²) in [5.41, 5.74) is -0.163. The monoisotopic (exact) mass is 275 g/mol. The number of carbonyl (C=O) groups excluding carboxylic acids is 1. The van der Waals surface area contributed by atoms with E-state index < -0.39 is 23.3 Å². The standard InChI is InChI=1S/C12H12F3NO3/c13-12(14,15)11(18)9-2-1-8(7-10(9)17)16-3-5-19-6-4-16/h1-2,7,17H,3-6H2. The van der Waals surface area contributed by atoms with Crippen molar-refractivity contribution in [3.05, 3.63) is 23.8 Å². The maximum Gasteiger partial charge on any atom is 0.455 e. The number of nitrogens with zero attached hydrogens (tertiary/aromatic N) is 1. The Morgan fingerprint density at radius 2 is 1.89 bits per heavy atom. The minimum Gasteiger partial charge on any atom is -0.507 e. The van der Waals surface area contributed by atoms with Crippen molar-refractivity contribution in [3.63, 3.8) is 0 Å². The van der Waals surface area contributed by atoms with Crippen molar-refractivity contribution in [2.45, 2.75) is 6.18 Å². The van der Waals surface area contributed by atoms with Crippen molar-refractivity contribution < 1.29 is 27.8 Å². The molecule has 2 rings (SSSR count). The van der Waals surface area contributed by atoms with Crippen LogP contribution < -0.4 is 4.90 Å². The van der Waals surface area contributed by atoms with Gasteiger partial charge in [-0.1, -0.05) is 0 Å². The Balaban J connectivity index is 2.24. The molecule has 0 saturated carbocycles. The molecule has 1 aliphatic rings. The normalized spacial score (nSPS) is 16.5. The highest BCUT2D eigenvalue weighted by atomic mass is 19.4. The minimum absolute atomic E-state index is 0.518. The second-order valence-electron chi connectivity index (χ2n) is 4.13. The molecule has 1 aromatic rings. The Hall–Kier alpha value is -1.76. The van der Waals surface area contributed by atoms with Gasteiger partial charge in [-0.2, -0.15) is 13.2 Å². The molecule has 1 N–H and O–H groups in total. The number of ether oxygens (including phenoxy) is 1. The third-order valence-corrected chi connectivity index (χ3v) is 2.86. The van der Waals surface area contributed by atoms with Gasteiger partial charge in [0.25, 0.3) is 5.78 Å². The van der Waals surface area contributed by atoms with Crippen molar-refractivity contribution in [2.24, 2.45) is 0 Å². The lowest BCUT2D eigenvalue weighted by Gasteiger charge is -2.29. The lowest BCUT2D eigenvalue weighted by molar-refractivity contribution is -0.0886. The molecular formula is C12H12F3NO3. The van der Waals surface area contributed by atoms with Gasteiger partial charge in [-0.25, -0.2) is 0 Å². The van der Waals surface area contributed by atoms with E-state index in [9.17, 15) is 23.1 Å². The van der Waals surface area contributed by atoms with Crippen molar-refractivity contribution in [3.8, 4) is 5.75 Å². The molecule has 0 aromatic heterocycles. The summed E-state index contributed by atoms with van der Waals surface area (Å²) in [7, 11) is 0. The van der Waals surface area contributed by atoms with Crippen LogP contribution in [0.5, 0.6) is 5.75 Å². The van der Waals surface area contributed by atoms with Crippen LogP contribution in [-0.4, -0.2) is 43.4 Å². The molecule has 1 aromatic carbocycles. The molecule has 0 unspecified atom stereocenters. The van der Waals surface area contributed by atoms with Crippen LogP contribution in [0.4, 0.5) is 18.9 Å². The third-order valence-electron chi connectivity index (χ3n) is 2.86. The Labute approximate surface area is 107 Å². The number of phenolic OH excluding ortho intramolecular Hbond substituents is 1. The van der Waals surface area contributed by atoms with Crippen LogP contribution >= 0.6 is 0 Å². The molecule has 1 aliphatic heterocycles. The van der Waals surface area contributed by atoms with E-state index in [4.69, 9.17) is 4.74 Å². The second-order valence-corrected chi connectivity index (χ2v) is 4.13. The molecule has 0 radical (unpaired) electrons. The highest BCUT2D eigenvalue weighted by Gasteiger charge is 2.40. The average Bonchev–Trinajstić information content (AvgIpc) is 2.38. The summed E-state index contributed by atoms with van der Waals surface area (Å²) in [6.45, 7) is 2.21. The average molecular weight is 275 g/mol. The molecular weight excluding hydrogens is 263 g/mol. The lowest BCUT2D eigenvalue weighted by Crippen LogP contribution is -2.36. The Morgan fingerprint density at radius 1 is 1.26 bits per heavy atom. The van der Waals surface area contributed by atoms with Gasteiger partial charge in [0.1, 0.15) is 5.75 Å². The van der Waals surface area contributed by atoms with Gasteiger partial charge in [-0.3, -0.25) is 4.79 Å². The fraction of sp³-hybridized carbons (Fsp3) is 0.417. The van der Waals surface area contributed by atoms with Crippen molar-refractivity contribution in [1.29, 1.82) is 0 Å². The number of halogens is 3. The van der Waals surface area contributed by atoms with Crippen LogP contribution in [0.2, 0.25) is 0 Å². The van der Waals surface area contributed by atoms with Gasteiger partial charge in [0.05, 0.1) is 18.8 Å². The van der Waals surface area contributed by atoms with E-state index in [2.05, 4.69) is 0 Å². The molecule has 0 atom stereocenters. The number of Topliss-reactive ketones (excluding diaryl/α,β-unsaturated/α-hetero) is 1. The molecule has 1 saturated heterocycles. The number of aromatic hydroxyl groups is 1. The fourth-order valence-electron chi connectivity index (χ4n) is 1.88. The zero-order valence-corrected chi connectivity index (χ0v) is 9.91. The van der Waals surface area contributed by atoms with E-state index in [-0.39, 0.29) is 0 Å². The zero-order valence-electron chi connectivity index (χ0n) is 9.91. The number of benzene rings is 1. The van der Waals surface area contributed by atoms with Crippen molar-refractivity contribution >= 4 is 11.5 Å². The van der Waals surface area contributed by atoms with Gasteiger partial charge < -0.3 is 14.7 Å². The van der Waals surface area contributed by atoms with Crippen molar-refractivity contribution in [1.82, 2.24) is 0 Å². The van der Waals surface area contributed by atoms with Crippen LogP contribution in [0.3, 0.4) is 0 Å².